The number of hydrogen-bond acceptors (Lipinski definition) is 6. The van der Waals surface area contributed by atoms with Gasteiger partial charge in [0.05, 0.1) is 12.2 Å². The molecule has 1 aromatic carbocycles. The van der Waals surface area contributed by atoms with Crippen molar-refractivity contribution in [2.24, 2.45) is 0 Å². The molecule has 0 saturated carbocycles. The van der Waals surface area contributed by atoms with Crippen LogP contribution in [0.25, 0.3) is 0 Å². The molecule has 2 rings (SSSR count). The van der Waals surface area contributed by atoms with E-state index in [0.717, 1.165) is 6.42 Å². The van der Waals surface area contributed by atoms with Crippen molar-refractivity contribution < 1.29 is 9.53 Å². The maximum absolute atomic E-state index is 12.1. The van der Waals surface area contributed by atoms with Gasteiger partial charge in [-0.05, 0) is 24.6 Å². The van der Waals surface area contributed by atoms with Crippen LogP contribution in [-0.4, -0.2) is 27.8 Å². The Morgan fingerprint density at radius 3 is 2.67 bits per heavy atom. The molecule has 24 heavy (non-hydrogen) atoms. The molecule has 0 fully saturated rings. The van der Waals surface area contributed by atoms with Gasteiger partial charge in [-0.2, -0.15) is 0 Å². The minimum Gasteiger partial charge on any atom is -0.462 e. The normalized spacial score (nSPS) is 11.2. The summed E-state index contributed by atoms with van der Waals surface area (Å²) in [6.07, 6.45) is 0.765. The van der Waals surface area contributed by atoms with Crippen LogP contribution in [0.1, 0.15) is 50.2 Å². The number of nitrogens with one attached hydrogen (secondary N) is 2. The van der Waals surface area contributed by atoms with E-state index >= 15 is 0 Å². The number of benzene rings is 1. The van der Waals surface area contributed by atoms with Crippen molar-refractivity contribution in [1.82, 2.24) is 15.2 Å². The second kappa shape index (κ2) is 7.25. The number of ether oxygens (including phenoxy) is 1. The number of aromatic nitrogens is 3. The van der Waals surface area contributed by atoms with E-state index in [2.05, 4.69) is 20.5 Å². The standard InChI is InChI=1S/C17H22N4O3/c1-5-9-24-15(23)11-7-6-8-12(10-11)18-16-19-14(22)13(20-21-16)17(2,3)4/h6-8,10H,5,9H2,1-4H3,(H2,18,19,21,22). The van der Waals surface area contributed by atoms with Gasteiger partial charge in [0.1, 0.15) is 5.69 Å². The van der Waals surface area contributed by atoms with Crippen LogP contribution in [0.2, 0.25) is 0 Å². The van der Waals surface area contributed by atoms with Crippen LogP contribution in [0.5, 0.6) is 0 Å². The maximum atomic E-state index is 12.1. The Hall–Kier alpha value is -2.70. The zero-order valence-electron chi connectivity index (χ0n) is 14.3. The highest BCUT2D eigenvalue weighted by molar-refractivity contribution is 5.90. The van der Waals surface area contributed by atoms with Gasteiger partial charge in [0.25, 0.3) is 5.56 Å². The first-order chi connectivity index (χ1) is 11.3. The first kappa shape index (κ1) is 17.7. The Kier molecular flexibility index (Phi) is 5.33. The van der Waals surface area contributed by atoms with E-state index in [4.69, 9.17) is 4.74 Å². The molecule has 2 N–H and O–H groups in total. The van der Waals surface area contributed by atoms with Crippen LogP contribution in [-0.2, 0) is 10.2 Å². The van der Waals surface area contributed by atoms with E-state index in [0.29, 0.717) is 23.6 Å². The summed E-state index contributed by atoms with van der Waals surface area (Å²) in [5, 5.41) is 10.9. The Balaban J connectivity index is 2.18. The van der Waals surface area contributed by atoms with E-state index in [1.165, 1.54) is 0 Å². The van der Waals surface area contributed by atoms with Gasteiger partial charge in [-0.25, -0.2) is 4.79 Å². The number of carbonyl (C=O) groups excluding carboxylic acids is 1. The molecule has 7 heteroatoms. The van der Waals surface area contributed by atoms with Gasteiger partial charge in [-0.3, -0.25) is 9.78 Å². The Bertz CT molecular complexity index is 778. The Labute approximate surface area is 140 Å². The molecule has 0 bridgehead atoms. The predicted octanol–water partition coefficient (Wildman–Crippen LogP) is 2.77. The third kappa shape index (κ3) is 4.41. The lowest BCUT2D eigenvalue weighted by Gasteiger charge is -2.15. The summed E-state index contributed by atoms with van der Waals surface area (Å²) < 4.78 is 5.10. The predicted molar refractivity (Wildman–Crippen MR) is 91.7 cm³/mol. The van der Waals surface area contributed by atoms with E-state index in [1.807, 2.05) is 27.7 Å². The Morgan fingerprint density at radius 1 is 1.29 bits per heavy atom. The summed E-state index contributed by atoms with van der Waals surface area (Å²) in [4.78, 5) is 26.6. The fourth-order valence-corrected chi connectivity index (χ4v) is 2.02. The van der Waals surface area contributed by atoms with Gasteiger partial charge in [-0.1, -0.05) is 33.8 Å². The Morgan fingerprint density at radius 2 is 2.04 bits per heavy atom. The molecule has 0 aliphatic carbocycles. The van der Waals surface area contributed by atoms with Gasteiger partial charge < -0.3 is 10.1 Å². The molecule has 0 radical (unpaired) electrons. The van der Waals surface area contributed by atoms with E-state index < -0.39 is 0 Å². The summed E-state index contributed by atoms with van der Waals surface area (Å²) in [6, 6.07) is 6.78. The molecular weight excluding hydrogens is 308 g/mol. The number of nitrogens with zero attached hydrogens (tertiary/aromatic N) is 2. The van der Waals surface area contributed by atoms with Crippen molar-refractivity contribution in [3.63, 3.8) is 0 Å². The summed E-state index contributed by atoms with van der Waals surface area (Å²) in [7, 11) is 0. The van der Waals surface area contributed by atoms with Crippen LogP contribution in [0.15, 0.2) is 29.1 Å². The van der Waals surface area contributed by atoms with Crippen LogP contribution in [0.3, 0.4) is 0 Å². The number of hydrogen-bond donors (Lipinski definition) is 2. The third-order valence-electron chi connectivity index (χ3n) is 3.21. The summed E-state index contributed by atoms with van der Waals surface area (Å²) in [5.74, 6) is -0.171. The number of anilines is 2. The lowest BCUT2D eigenvalue weighted by molar-refractivity contribution is 0.0505. The maximum Gasteiger partial charge on any atom is 0.338 e. The van der Waals surface area contributed by atoms with Crippen molar-refractivity contribution in [1.29, 1.82) is 0 Å². The lowest BCUT2D eigenvalue weighted by Crippen LogP contribution is -2.28. The molecule has 7 nitrogen and oxygen atoms in total. The van der Waals surface area contributed by atoms with Crippen molar-refractivity contribution in [3.05, 3.63) is 45.9 Å². The zero-order chi connectivity index (χ0) is 17.7. The smallest absolute Gasteiger partial charge is 0.338 e. The van der Waals surface area contributed by atoms with Gasteiger partial charge in [-0.15, -0.1) is 10.2 Å². The SMILES string of the molecule is CCCOC(=O)c1cccc(Nc2nnc(C(C)(C)C)c(=O)[nH]2)c1. The molecule has 0 saturated heterocycles. The average molecular weight is 330 g/mol. The summed E-state index contributed by atoms with van der Waals surface area (Å²) in [6.45, 7) is 7.99. The minimum atomic E-state index is -0.387. The average Bonchev–Trinajstić information content (AvgIpc) is 2.51. The first-order valence-corrected chi connectivity index (χ1v) is 7.83. The highest BCUT2D eigenvalue weighted by Gasteiger charge is 2.20. The topological polar surface area (TPSA) is 97.0 Å². The molecule has 0 atom stereocenters. The molecule has 0 spiro atoms. The highest BCUT2D eigenvalue weighted by atomic mass is 16.5. The van der Waals surface area contributed by atoms with Crippen molar-refractivity contribution in [2.45, 2.75) is 39.5 Å². The van der Waals surface area contributed by atoms with Crippen LogP contribution in [0, 0.1) is 0 Å². The second-order valence-electron chi connectivity index (χ2n) is 6.44. The highest BCUT2D eigenvalue weighted by Crippen LogP contribution is 2.17. The quantitative estimate of drug-likeness (QED) is 0.818. The molecule has 128 valence electrons. The van der Waals surface area contributed by atoms with Gasteiger partial charge in [0, 0.05) is 11.1 Å². The molecule has 1 aromatic heterocycles. The van der Waals surface area contributed by atoms with Gasteiger partial charge in [0.15, 0.2) is 0 Å². The number of rotatable bonds is 5. The van der Waals surface area contributed by atoms with E-state index in [1.54, 1.807) is 24.3 Å². The summed E-state index contributed by atoms with van der Waals surface area (Å²) >= 11 is 0. The largest absolute Gasteiger partial charge is 0.462 e. The number of H-pyrrole nitrogens is 1. The molecular formula is C17H22N4O3. The fourth-order valence-electron chi connectivity index (χ4n) is 2.02. The minimum absolute atomic E-state index is 0.215. The number of aromatic amines is 1. The zero-order valence-corrected chi connectivity index (χ0v) is 14.3. The third-order valence-corrected chi connectivity index (χ3v) is 3.21. The lowest BCUT2D eigenvalue weighted by atomic mass is 9.93. The van der Waals surface area contributed by atoms with E-state index in [-0.39, 0.29) is 22.9 Å². The first-order valence-electron chi connectivity index (χ1n) is 7.83. The van der Waals surface area contributed by atoms with Crippen molar-refractivity contribution in [3.8, 4) is 0 Å². The number of carbonyl (C=O) groups is 1. The van der Waals surface area contributed by atoms with Crippen molar-refractivity contribution >= 4 is 17.6 Å². The number of esters is 1. The molecule has 0 aliphatic rings. The van der Waals surface area contributed by atoms with Gasteiger partial charge >= 0.3 is 5.97 Å². The van der Waals surface area contributed by atoms with Crippen LogP contribution >= 0.6 is 0 Å². The van der Waals surface area contributed by atoms with Gasteiger partial charge in [0.2, 0.25) is 5.95 Å². The van der Waals surface area contributed by atoms with Crippen LogP contribution in [0.4, 0.5) is 11.6 Å². The van der Waals surface area contributed by atoms with Crippen LogP contribution < -0.4 is 10.9 Å². The molecule has 0 aliphatic heterocycles. The molecule has 1 heterocycles. The molecule has 0 amide bonds. The monoisotopic (exact) mass is 330 g/mol. The second-order valence-corrected chi connectivity index (χ2v) is 6.44. The van der Waals surface area contributed by atoms with Crippen molar-refractivity contribution in [2.75, 3.05) is 11.9 Å². The van der Waals surface area contributed by atoms with E-state index in [9.17, 15) is 9.59 Å². The fraction of sp³-hybridized carbons (Fsp3) is 0.412. The molecule has 0 unspecified atom stereocenters. The summed E-state index contributed by atoms with van der Waals surface area (Å²) in [5.41, 5.74) is 0.718. The molecule has 2 aromatic rings.